The number of benzene rings is 1. The highest BCUT2D eigenvalue weighted by Gasteiger charge is 2.20. The molecule has 1 aliphatic rings. The molecule has 2 rings (SSSR count). The third kappa shape index (κ3) is 1.95. The molecule has 0 bridgehead atoms. The molecule has 0 aromatic heterocycles. The number of likely N-dealkylation sites (N-methyl/N-ethyl adjacent to an activating group) is 1. The summed E-state index contributed by atoms with van der Waals surface area (Å²) in [5, 5.41) is 0. The summed E-state index contributed by atoms with van der Waals surface area (Å²) in [6.07, 6.45) is 0.997. The molecule has 0 amide bonds. The Morgan fingerprint density at radius 3 is 2.88 bits per heavy atom. The predicted octanol–water partition coefficient (Wildman–Crippen LogP) is 1.85. The van der Waals surface area contributed by atoms with Crippen LogP contribution in [0.4, 0.5) is 0 Å². The van der Waals surface area contributed by atoms with E-state index in [1.165, 1.54) is 18.2 Å². The Bertz CT molecular complexity index is 414. The molecule has 0 radical (unpaired) electrons. The van der Waals surface area contributed by atoms with Crippen LogP contribution >= 0.6 is 0 Å². The van der Waals surface area contributed by atoms with Crippen LogP contribution < -0.4 is 0 Å². The van der Waals surface area contributed by atoms with E-state index >= 15 is 0 Å². The quantitative estimate of drug-likeness (QED) is 0.675. The third-order valence-corrected chi connectivity index (χ3v) is 3.31. The summed E-state index contributed by atoms with van der Waals surface area (Å²) in [4.78, 5) is 13.7. The largest absolute Gasteiger partial charge is 0.465 e. The van der Waals surface area contributed by atoms with E-state index in [0.29, 0.717) is 11.6 Å². The molecule has 0 spiro atoms. The first-order chi connectivity index (χ1) is 7.61. The Kier molecular flexibility index (Phi) is 2.97. The molecule has 1 aromatic rings. The Balaban J connectivity index is 2.32. The molecule has 0 N–H and O–H groups in total. The lowest BCUT2D eigenvalue weighted by Crippen LogP contribution is -2.35. The fourth-order valence-electron chi connectivity index (χ4n) is 2.11. The highest BCUT2D eigenvalue weighted by atomic mass is 16.5. The van der Waals surface area contributed by atoms with Crippen molar-refractivity contribution in [3.63, 3.8) is 0 Å². The Morgan fingerprint density at radius 1 is 1.44 bits per heavy atom. The van der Waals surface area contributed by atoms with Crippen molar-refractivity contribution >= 4 is 5.97 Å². The molecule has 1 aromatic carbocycles. The van der Waals surface area contributed by atoms with E-state index in [4.69, 9.17) is 4.74 Å². The zero-order valence-corrected chi connectivity index (χ0v) is 9.99. The highest BCUT2D eigenvalue weighted by molar-refractivity contribution is 5.89. The van der Waals surface area contributed by atoms with Crippen molar-refractivity contribution in [3.05, 3.63) is 34.9 Å². The third-order valence-electron chi connectivity index (χ3n) is 3.31. The summed E-state index contributed by atoms with van der Waals surface area (Å²) in [6.45, 7) is 3.16. The molecule has 3 nitrogen and oxygen atoms in total. The van der Waals surface area contributed by atoms with E-state index in [1.807, 2.05) is 18.2 Å². The van der Waals surface area contributed by atoms with Gasteiger partial charge in [0.05, 0.1) is 12.7 Å². The lowest BCUT2D eigenvalue weighted by atomic mass is 9.93. The fraction of sp³-hybridized carbons (Fsp3) is 0.462. The van der Waals surface area contributed by atoms with Crippen LogP contribution in [-0.4, -0.2) is 31.1 Å². The van der Waals surface area contributed by atoms with Crippen LogP contribution in [0.15, 0.2) is 18.2 Å². The number of carbonyl (C=O) groups is 1. The number of methoxy groups -OCH3 is 1. The second-order valence-electron chi connectivity index (χ2n) is 4.44. The molecular weight excluding hydrogens is 202 g/mol. The normalized spacial score (nSPS) is 20.3. The Labute approximate surface area is 96.0 Å². The molecule has 1 heterocycles. The molecule has 3 heteroatoms. The molecular formula is C13H17NO2. The number of nitrogens with zero attached hydrogens (tertiary/aromatic N) is 1. The number of ether oxygens (including phenoxy) is 1. The van der Waals surface area contributed by atoms with Crippen molar-refractivity contribution in [2.75, 3.05) is 14.2 Å². The van der Waals surface area contributed by atoms with Gasteiger partial charge in [0.15, 0.2) is 0 Å². The number of rotatable bonds is 1. The van der Waals surface area contributed by atoms with Gasteiger partial charge >= 0.3 is 5.97 Å². The van der Waals surface area contributed by atoms with Gasteiger partial charge in [0, 0.05) is 12.6 Å². The van der Waals surface area contributed by atoms with Gasteiger partial charge in [-0.3, -0.25) is 4.90 Å². The van der Waals surface area contributed by atoms with Gasteiger partial charge in [-0.25, -0.2) is 4.79 Å². The topological polar surface area (TPSA) is 29.5 Å². The summed E-state index contributed by atoms with van der Waals surface area (Å²) in [7, 11) is 3.54. The lowest BCUT2D eigenvalue weighted by Gasteiger charge is -2.31. The maximum atomic E-state index is 11.4. The van der Waals surface area contributed by atoms with Crippen LogP contribution in [0.5, 0.6) is 0 Å². The number of fused-ring (bicyclic) bond motifs is 1. The fourth-order valence-corrected chi connectivity index (χ4v) is 2.11. The van der Waals surface area contributed by atoms with Crippen molar-refractivity contribution in [1.82, 2.24) is 4.90 Å². The summed E-state index contributed by atoms with van der Waals surface area (Å²) >= 11 is 0. The summed E-state index contributed by atoms with van der Waals surface area (Å²) in [5.74, 6) is -0.255. The van der Waals surface area contributed by atoms with Crippen LogP contribution in [0.25, 0.3) is 0 Å². The van der Waals surface area contributed by atoms with Crippen LogP contribution in [0, 0.1) is 0 Å². The minimum atomic E-state index is -0.255. The van der Waals surface area contributed by atoms with Crippen molar-refractivity contribution in [3.8, 4) is 0 Å². The minimum absolute atomic E-state index is 0.255. The monoisotopic (exact) mass is 219 g/mol. The molecule has 0 saturated heterocycles. The Morgan fingerprint density at radius 2 is 2.19 bits per heavy atom. The number of carbonyl (C=O) groups excluding carboxylic acids is 1. The molecule has 1 aliphatic heterocycles. The lowest BCUT2D eigenvalue weighted by molar-refractivity contribution is 0.0600. The number of hydrogen-bond donors (Lipinski definition) is 0. The Hall–Kier alpha value is -1.35. The van der Waals surface area contributed by atoms with Gasteiger partial charge in [-0.15, -0.1) is 0 Å². The molecule has 0 saturated carbocycles. The molecule has 0 aliphatic carbocycles. The average molecular weight is 219 g/mol. The zero-order valence-electron chi connectivity index (χ0n) is 9.99. The van der Waals surface area contributed by atoms with Crippen LogP contribution in [-0.2, 0) is 17.7 Å². The van der Waals surface area contributed by atoms with E-state index in [0.717, 1.165) is 13.0 Å². The van der Waals surface area contributed by atoms with E-state index in [1.54, 1.807) is 0 Å². The first-order valence-electron chi connectivity index (χ1n) is 5.52. The van der Waals surface area contributed by atoms with Gasteiger partial charge in [0.25, 0.3) is 0 Å². The highest BCUT2D eigenvalue weighted by Crippen LogP contribution is 2.23. The first-order valence-corrected chi connectivity index (χ1v) is 5.52. The van der Waals surface area contributed by atoms with Gasteiger partial charge in [-0.05, 0) is 43.7 Å². The maximum absolute atomic E-state index is 11.4. The molecule has 16 heavy (non-hydrogen) atoms. The van der Waals surface area contributed by atoms with Gasteiger partial charge in [0.1, 0.15) is 0 Å². The van der Waals surface area contributed by atoms with Gasteiger partial charge < -0.3 is 4.74 Å². The van der Waals surface area contributed by atoms with Crippen molar-refractivity contribution < 1.29 is 9.53 Å². The minimum Gasteiger partial charge on any atom is -0.465 e. The van der Waals surface area contributed by atoms with E-state index in [-0.39, 0.29) is 5.97 Å². The van der Waals surface area contributed by atoms with Gasteiger partial charge in [-0.1, -0.05) is 6.07 Å². The maximum Gasteiger partial charge on any atom is 0.337 e. The van der Waals surface area contributed by atoms with Crippen molar-refractivity contribution in [2.45, 2.75) is 25.9 Å². The zero-order chi connectivity index (χ0) is 11.7. The van der Waals surface area contributed by atoms with E-state index < -0.39 is 0 Å². The average Bonchev–Trinajstić information content (AvgIpc) is 2.29. The van der Waals surface area contributed by atoms with E-state index in [2.05, 4.69) is 18.9 Å². The molecule has 0 fully saturated rings. The van der Waals surface area contributed by atoms with Crippen LogP contribution in [0.1, 0.15) is 28.4 Å². The number of hydrogen-bond acceptors (Lipinski definition) is 3. The van der Waals surface area contributed by atoms with Crippen molar-refractivity contribution in [1.29, 1.82) is 0 Å². The van der Waals surface area contributed by atoms with Crippen molar-refractivity contribution in [2.24, 2.45) is 0 Å². The summed E-state index contributed by atoms with van der Waals surface area (Å²) < 4.78 is 4.73. The predicted molar refractivity (Wildman–Crippen MR) is 62.4 cm³/mol. The van der Waals surface area contributed by atoms with E-state index in [9.17, 15) is 4.79 Å². The SMILES string of the molecule is COC(=O)c1ccc2c(c1)CC(C)N(C)C2. The molecule has 1 atom stereocenters. The van der Waals surface area contributed by atoms with Gasteiger partial charge in [-0.2, -0.15) is 0 Å². The smallest absolute Gasteiger partial charge is 0.337 e. The second kappa shape index (κ2) is 4.26. The van der Waals surface area contributed by atoms with Gasteiger partial charge in [0.2, 0.25) is 0 Å². The second-order valence-corrected chi connectivity index (χ2v) is 4.44. The molecule has 1 unspecified atom stereocenters. The number of esters is 1. The summed E-state index contributed by atoms with van der Waals surface area (Å²) in [6, 6.07) is 6.36. The van der Waals surface area contributed by atoms with Crippen LogP contribution in [0.3, 0.4) is 0 Å². The summed E-state index contributed by atoms with van der Waals surface area (Å²) in [5.41, 5.74) is 3.24. The standard InChI is InChI=1S/C13H17NO2/c1-9-6-12-7-10(13(15)16-3)4-5-11(12)8-14(9)2/h4-5,7,9H,6,8H2,1-3H3. The molecule has 86 valence electrons. The first kappa shape index (κ1) is 11.1. The van der Waals surface area contributed by atoms with Crippen LogP contribution in [0.2, 0.25) is 0 Å².